The quantitative estimate of drug-likeness (QED) is 0.481. The molecule has 1 heterocycles. The molecule has 5 heteroatoms. The minimum Gasteiger partial charge on any atom is -0.345 e. The molecule has 3 aromatic rings. The predicted octanol–water partition coefficient (Wildman–Crippen LogP) is 6.07. The third kappa shape index (κ3) is 4.72. The highest BCUT2D eigenvalue weighted by molar-refractivity contribution is 7.17. The summed E-state index contributed by atoms with van der Waals surface area (Å²) in [5.41, 5.74) is 4.37. The van der Waals surface area contributed by atoms with E-state index in [4.69, 9.17) is 0 Å². The van der Waals surface area contributed by atoms with Crippen molar-refractivity contribution in [3.8, 4) is 0 Å². The average molecular weight is 433 g/mol. The van der Waals surface area contributed by atoms with Gasteiger partial charge in [-0.05, 0) is 62.3 Å². The zero-order valence-corrected chi connectivity index (χ0v) is 18.9. The van der Waals surface area contributed by atoms with Gasteiger partial charge >= 0.3 is 0 Å². The first kappa shape index (κ1) is 21.3. The van der Waals surface area contributed by atoms with Gasteiger partial charge in [0.2, 0.25) is 0 Å². The lowest BCUT2D eigenvalue weighted by Crippen LogP contribution is -2.28. The second-order valence-corrected chi connectivity index (χ2v) is 9.25. The number of benzene rings is 2. The molecule has 0 aliphatic heterocycles. The molecule has 0 saturated carbocycles. The highest BCUT2D eigenvalue weighted by Gasteiger charge is 2.27. The summed E-state index contributed by atoms with van der Waals surface area (Å²) in [4.78, 5) is 27.7. The molecule has 0 bridgehead atoms. The summed E-state index contributed by atoms with van der Waals surface area (Å²) in [5, 5.41) is 6.87. The fraction of sp³-hybridized carbons (Fsp3) is 0.308. The standard InChI is InChI=1S/C26H28N2O2S/c1-17-11-9-10-14-20(17)24(29)28-26-23(21-15-7-4-8-16-22(21)31-26)25(30)27-18(2)19-12-5-3-6-13-19/h3,5-6,9-14,18H,4,7-8,15-16H2,1-2H3,(H,27,30)(H,28,29). The first-order valence-electron chi connectivity index (χ1n) is 10.9. The molecule has 0 radical (unpaired) electrons. The van der Waals surface area contributed by atoms with E-state index in [1.54, 1.807) is 11.3 Å². The van der Waals surface area contributed by atoms with E-state index < -0.39 is 0 Å². The van der Waals surface area contributed by atoms with E-state index in [0.29, 0.717) is 16.1 Å². The van der Waals surface area contributed by atoms with Gasteiger partial charge in [-0.25, -0.2) is 0 Å². The molecular formula is C26H28N2O2S. The topological polar surface area (TPSA) is 58.2 Å². The van der Waals surface area contributed by atoms with Gasteiger partial charge in [-0.3, -0.25) is 9.59 Å². The number of carbonyl (C=O) groups excluding carboxylic acids is 2. The van der Waals surface area contributed by atoms with Crippen molar-refractivity contribution in [2.75, 3.05) is 5.32 Å². The van der Waals surface area contributed by atoms with E-state index in [1.807, 2.05) is 68.4 Å². The van der Waals surface area contributed by atoms with Crippen molar-refractivity contribution in [1.29, 1.82) is 0 Å². The molecule has 0 saturated heterocycles. The Morgan fingerprint density at radius 1 is 0.903 bits per heavy atom. The molecule has 1 aromatic heterocycles. The van der Waals surface area contributed by atoms with Crippen molar-refractivity contribution < 1.29 is 9.59 Å². The van der Waals surface area contributed by atoms with Gasteiger partial charge in [0, 0.05) is 10.4 Å². The maximum absolute atomic E-state index is 13.4. The molecule has 1 aliphatic carbocycles. The number of hydrogen-bond acceptors (Lipinski definition) is 3. The first-order valence-corrected chi connectivity index (χ1v) is 11.7. The van der Waals surface area contributed by atoms with Crippen molar-refractivity contribution in [3.63, 3.8) is 0 Å². The lowest BCUT2D eigenvalue weighted by atomic mass is 10.0. The molecule has 2 N–H and O–H groups in total. The van der Waals surface area contributed by atoms with Gasteiger partial charge in [0.25, 0.3) is 11.8 Å². The number of rotatable bonds is 5. The normalized spacial score (nSPS) is 14.3. The number of nitrogens with one attached hydrogen (secondary N) is 2. The van der Waals surface area contributed by atoms with Crippen molar-refractivity contribution in [2.24, 2.45) is 0 Å². The minimum atomic E-state index is -0.167. The third-order valence-electron chi connectivity index (χ3n) is 5.91. The lowest BCUT2D eigenvalue weighted by molar-refractivity contribution is 0.0940. The van der Waals surface area contributed by atoms with Crippen LogP contribution in [0.4, 0.5) is 5.00 Å². The Balaban J connectivity index is 1.65. The third-order valence-corrected chi connectivity index (χ3v) is 7.12. The van der Waals surface area contributed by atoms with Crippen molar-refractivity contribution in [2.45, 2.75) is 52.0 Å². The van der Waals surface area contributed by atoms with Gasteiger partial charge in [0.15, 0.2) is 0 Å². The maximum atomic E-state index is 13.4. The lowest BCUT2D eigenvalue weighted by Gasteiger charge is -2.16. The van der Waals surface area contributed by atoms with Crippen LogP contribution in [0.15, 0.2) is 54.6 Å². The van der Waals surface area contributed by atoms with Crippen LogP contribution >= 0.6 is 11.3 Å². The minimum absolute atomic E-state index is 0.115. The van der Waals surface area contributed by atoms with Crippen LogP contribution in [0, 0.1) is 6.92 Å². The predicted molar refractivity (Wildman–Crippen MR) is 127 cm³/mol. The Kier molecular flexibility index (Phi) is 6.52. The Morgan fingerprint density at radius 3 is 2.39 bits per heavy atom. The molecular weight excluding hydrogens is 404 g/mol. The van der Waals surface area contributed by atoms with E-state index in [1.165, 1.54) is 11.3 Å². The molecule has 2 amide bonds. The van der Waals surface area contributed by atoms with Gasteiger partial charge in [-0.15, -0.1) is 11.3 Å². The molecule has 1 aliphatic rings. The van der Waals surface area contributed by atoms with Gasteiger partial charge in [0.1, 0.15) is 5.00 Å². The Morgan fingerprint density at radius 2 is 1.61 bits per heavy atom. The van der Waals surface area contributed by atoms with E-state index >= 15 is 0 Å². The summed E-state index contributed by atoms with van der Waals surface area (Å²) < 4.78 is 0. The molecule has 160 valence electrons. The van der Waals surface area contributed by atoms with Gasteiger partial charge in [0.05, 0.1) is 11.6 Å². The Bertz CT molecular complexity index is 1090. The molecule has 31 heavy (non-hydrogen) atoms. The summed E-state index contributed by atoms with van der Waals surface area (Å²) in [6.45, 7) is 3.91. The van der Waals surface area contributed by atoms with Crippen LogP contribution in [0.2, 0.25) is 0 Å². The van der Waals surface area contributed by atoms with E-state index in [-0.39, 0.29) is 17.9 Å². The van der Waals surface area contributed by atoms with Crippen LogP contribution in [0.1, 0.15) is 74.5 Å². The zero-order chi connectivity index (χ0) is 21.8. The number of fused-ring (bicyclic) bond motifs is 1. The molecule has 0 fully saturated rings. The van der Waals surface area contributed by atoms with E-state index in [2.05, 4.69) is 10.6 Å². The monoisotopic (exact) mass is 432 g/mol. The molecule has 4 rings (SSSR count). The number of anilines is 1. The second kappa shape index (κ2) is 9.48. The van der Waals surface area contributed by atoms with Crippen molar-refractivity contribution in [1.82, 2.24) is 5.32 Å². The highest BCUT2D eigenvalue weighted by atomic mass is 32.1. The van der Waals surface area contributed by atoms with Crippen LogP contribution < -0.4 is 10.6 Å². The van der Waals surface area contributed by atoms with E-state index in [0.717, 1.165) is 42.4 Å². The molecule has 0 spiro atoms. The summed E-state index contributed by atoms with van der Waals surface area (Å²) in [6, 6.07) is 17.4. The average Bonchev–Trinajstić information content (AvgIpc) is 2.95. The molecule has 1 atom stereocenters. The second-order valence-electron chi connectivity index (χ2n) is 8.14. The van der Waals surface area contributed by atoms with Gasteiger partial charge < -0.3 is 10.6 Å². The fourth-order valence-electron chi connectivity index (χ4n) is 4.16. The first-order chi connectivity index (χ1) is 15.0. The molecule has 1 unspecified atom stereocenters. The SMILES string of the molecule is Cc1ccccc1C(=O)Nc1sc2c(c1C(=O)NC(C)c1ccccc1)CCCCC2. The number of carbonyl (C=O) groups is 2. The van der Waals surface area contributed by atoms with Crippen LogP contribution in [0.3, 0.4) is 0 Å². The van der Waals surface area contributed by atoms with Crippen LogP contribution in [0.5, 0.6) is 0 Å². The fourth-order valence-corrected chi connectivity index (χ4v) is 5.44. The Labute approximate surface area is 187 Å². The summed E-state index contributed by atoms with van der Waals surface area (Å²) in [6.07, 6.45) is 5.22. The Hall–Kier alpha value is -2.92. The van der Waals surface area contributed by atoms with Gasteiger partial charge in [-0.1, -0.05) is 55.0 Å². The number of hydrogen-bond donors (Lipinski definition) is 2. The van der Waals surface area contributed by atoms with E-state index in [9.17, 15) is 9.59 Å². The number of thiophene rings is 1. The van der Waals surface area contributed by atoms with Gasteiger partial charge in [-0.2, -0.15) is 0 Å². The van der Waals surface area contributed by atoms with Crippen LogP contribution in [-0.2, 0) is 12.8 Å². The maximum Gasteiger partial charge on any atom is 0.256 e. The largest absolute Gasteiger partial charge is 0.345 e. The van der Waals surface area contributed by atoms with Crippen LogP contribution in [-0.4, -0.2) is 11.8 Å². The number of amides is 2. The highest BCUT2D eigenvalue weighted by Crippen LogP contribution is 2.38. The summed E-state index contributed by atoms with van der Waals surface area (Å²) in [7, 11) is 0. The van der Waals surface area contributed by atoms with Crippen LogP contribution in [0.25, 0.3) is 0 Å². The number of aryl methyl sites for hydroxylation is 2. The summed E-state index contributed by atoms with van der Waals surface area (Å²) in [5.74, 6) is -0.282. The van der Waals surface area contributed by atoms with Crippen molar-refractivity contribution in [3.05, 3.63) is 87.3 Å². The summed E-state index contributed by atoms with van der Waals surface area (Å²) >= 11 is 1.56. The smallest absolute Gasteiger partial charge is 0.256 e. The van der Waals surface area contributed by atoms with Crippen molar-refractivity contribution >= 4 is 28.2 Å². The molecule has 4 nitrogen and oxygen atoms in total. The zero-order valence-electron chi connectivity index (χ0n) is 18.0. The molecule has 2 aromatic carbocycles.